The average molecular weight is 320 g/mol. The van der Waals surface area contributed by atoms with Crippen molar-refractivity contribution in [1.82, 2.24) is 29.7 Å². The zero-order valence-electron chi connectivity index (χ0n) is 13.2. The smallest absolute Gasteiger partial charge is 0.224 e. The minimum atomic E-state index is -0.195. The van der Waals surface area contributed by atoms with Gasteiger partial charge in [0.2, 0.25) is 5.91 Å². The number of aromatic nitrogens is 5. The lowest BCUT2D eigenvalue weighted by Crippen LogP contribution is -2.46. The summed E-state index contributed by atoms with van der Waals surface area (Å²) in [5, 5.41) is 11.7. The largest absolute Gasteiger partial charge is 0.482 e. The van der Waals surface area contributed by atoms with Crippen LogP contribution in [0.4, 0.5) is 0 Å². The topological polar surface area (TPSA) is 87.3 Å². The molecule has 2 aromatic heterocycles. The molecule has 3 heterocycles. The van der Waals surface area contributed by atoms with Crippen molar-refractivity contribution in [2.45, 2.75) is 25.1 Å². The number of carbonyl (C=O) groups is 1. The van der Waals surface area contributed by atoms with Gasteiger partial charge in [0.25, 0.3) is 0 Å². The number of nitrogens with zero attached hydrogens (tertiary/aromatic N) is 6. The van der Waals surface area contributed by atoms with E-state index in [1.807, 2.05) is 7.05 Å². The van der Waals surface area contributed by atoms with Crippen LogP contribution in [-0.2, 0) is 23.1 Å². The summed E-state index contributed by atoms with van der Waals surface area (Å²) in [7, 11) is 3.61. The Kier molecular flexibility index (Phi) is 4.56. The van der Waals surface area contributed by atoms with Gasteiger partial charge >= 0.3 is 0 Å². The van der Waals surface area contributed by atoms with Crippen molar-refractivity contribution < 1.29 is 14.3 Å². The summed E-state index contributed by atoms with van der Waals surface area (Å²) in [6.45, 7) is 1.43. The monoisotopic (exact) mass is 320 g/mol. The molecule has 1 saturated heterocycles. The first-order valence-corrected chi connectivity index (χ1v) is 7.46. The first kappa shape index (κ1) is 15.5. The molecule has 2 aromatic rings. The molecular formula is C14H20N6O3. The van der Waals surface area contributed by atoms with Crippen LogP contribution in [0.2, 0.25) is 0 Å². The van der Waals surface area contributed by atoms with E-state index in [9.17, 15) is 4.79 Å². The second kappa shape index (κ2) is 6.78. The molecule has 1 amide bonds. The number of hydrogen-bond acceptors (Lipinski definition) is 6. The Bertz CT molecular complexity index is 641. The highest BCUT2D eigenvalue weighted by molar-refractivity contribution is 5.76. The number of aryl methyl sites for hydroxylation is 2. The summed E-state index contributed by atoms with van der Waals surface area (Å²) >= 11 is 0. The molecule has 3 rings (SSSR count). The molecule has 0 spiro atoms. The first-order valence-electron chi connectivity index (χ1n) is 7.46. The van der Waals surface area contributed by atoms with E-state index in [2.05, 4.69) is 15.4 Å². The molecule has 0 bridgehead atoms. The number of likely N-dealkylation sites (N-methyl/N-ethyl adjacent to an activating group) is 1. The Hall–Kier alpha value is -2.42. The highest BCUT2D eigenvalue weighted by atomic mass is 16.5. The maximum Gasteiger partial charge on any atom is 0.224 e. The van der Waals surface area contributed by atoms with E-state index in [0.29, 0.717) is 31.9 Å². The maximum absolute atomic E-state index is 12.4. The van der Waals surface area contributed by atoms with Gasteiger partial charge in [-0.2, -0.15) is 5.10 Å². The van der Waals surface area contributed by atoms with E-state index in [1.54, 1.807) is 46.1 Å². The number of hydrogen-bond donors (Lipinski definition) is 0. The van der Waals surface area contributed by atoms with E-state index in [-0.39, 0.29) is 18.1 Å². The molecule has 0 N–H and O–H groups in total. The molecule has 1 fully saturated rings. The van der Waals surface area contributed by atoms with Crippen LogP contribution in [0.15, 0.2) is 24.8 Å². The van der Waals surface area contributed by atoms with Crippen LogP contribution in [0.3, 0.4) is 0 Å². The van der Waals surface area contributed by atoms with E-state index >= 15 is 0 Å². The molecule has 1 aliphatic rings. The van der Waals surface area contributed by atoms with Gasteiger partial charge in [0.15, 0.2) is 5.75 Å². The van der Waals surface area contributed by atoms with Crippen LogP contribution in [0, 0.1) is 0 Å². The molecule has 124 valence electrons. The minimum absolute atomic E-state index is 0.0239. The number of rotatable bonds is 6. The van der Waals surface area contributed by atoms with Gasteiger partial charge in [-0.3, -0.25) is 14.2 Å². The van der Waals surface area contributed by atoms with Crippen LogP contribution >= 0.6 is 0 Å². The third kappa shape index (κ3) is 3.67. The van der Waals surface area contributed by atoms with E-state index in [1.165, 1.54) is 0 Å². The van der Waals surface area contributed by atoms with Gasteiger partial charge in [0, 0.05) is 26.7 Å². The predicted octanol–water partition coefficient (Wildman–Crippen LogP) is -0.293. The molecule has 9 nitrogen and oxygen atoms in total. The fourth-order valence-corrected chi connectivity index (χ4v) is 2.56. The zero-order valence-corrected chi connectivity index (χ0v) is 13.2. The van der Waals surface area contributed by atoms with Crippen molar-refractivity contribution in [3.63, 3.8) is 0 Å². The Morgan fingerprint density at radius 1 is 1.52 bits per heavy atom. The van der Waals surface area contributed by atoms with E-state index in [0.717, 1.165) is 0 Å². The summed E-state index contributed by atoms with van der Waals surface area (Å²) in [6, 6.07) is -0.113. The Morgan fingerprint density at radius 2 is 2.39 bits per heavy atom. The zero-order chi connectivity index (χ0) is 16.2. The summed E-state index contributed by atoms with van der Waals surface area (Å²) in [4.78, 5) is 14.1. The summed E-state index contributed by atoms with van der Waals surface area (Å²) in [5.41, 5.74) is 0. The van der Waals surface area contributed by atoms with Crippen molar-refractivity contribution in [2.24, 2.45) is 7.05 Å². The van der Waals surface area contributed by atoms with Gasteiger partial charge in [0.05, 0.1) is 44.4 Å². The fraction of sp³-hybridized carbons (Fsp3) is 0.571. The molecule has 0 unspecified atom stereocenters. The normalized spacial score (nSPS) is 20.6. The van der Waals surface area contributed by atoms with Gasteiger partial charge in [-0.15, -0.1) is 5.10 Å². The van der Waals surface area contributed by atoms with Crippen LogP contribution in [0.1, 0.15) is 6.42 Å². The van der Waals surface area contributed by atoms with Crippen molar-refractivity contribution in [1.29, 1.82) is 0 Å². The highest BCUT2D eigenvalue weighted by Crippen LogP contribution is 2.20. The van der Waals surface area contributed by atoms with Gasteiger partial charge < -0.3 is 14.4 Å². The number of carbonyl (C=O) groups excluding carboxylic acids is 1. The molecule has 0 aromatic carbocycles. The van der Waals surface area contributed by atoms with Gasteiger partial charge in [-0.05, 0) is 0 Å². The Labute approximate surface area is 133 Å². The average Bonchev–Trinajstić information content (AvgIpc) is 3.27. The van der Waals surface area contributed by atoms with Crippen molar-refractivity contribution >= 4 is 5.91 Å². The van der Waals surface area contributed by atoms with Gasteiger partial charge in [0.1, 0.15) is 6.10 Å². The molecule has 9 heteroatoms. The Morgan fingerprint density at radius 3 is 3.09 bits per heavy atom. The van der Waals surface area contributed by atoms with Crippen molar-refractivity contribution in [3.05, 3.63) is 24.8 Å². The van der Waals surface area contributed by atoms with Gasteiger partial charge in [-0.1, -0.05) is 5.21 Å². The third-order valence-corrected chi connectivity index (χ3v) is 3.89. The molecule has 1 aliphatic heterocycles. The molecule has 2 atom stereocenters. The first-order chi connectivity index (χ1) is 11.1. The van der Waals surface area contributed by atoms with Crippen molar-refractivity contribution in [2.75, 3.05) is 20.3 Å². The SMILES string of the molecule is CN(C(=O)CCn1ccnn1)[C@H]1COC[C@H]1Oc1cnn(C)c1. The lowest BCUT2D eigenvalue weighted by atomic mass is 10.1. The molecular weight excluding hydrogens is 300 g/mol. The Balaban J connectivity index is 1.56. The maximum atomic E-state index is 12.4. The predicted molar refractivity (Wildman–Crippen MR) is 79.6 cm³/mol. The molecule has 23 heavy (non-hydrogen) atoms. The molecule has 0 radical (unpaired) electrons. The third-order valence-electron chi connectivity index (χ3n) is 3.89. The van der Waals surface area contributed by atoms with E-state index < -0.39 is 0 Å². The van der Waals surface area contributed by atoms with Crippen LogP contribution in [0.5, 0.6) is 5.75 Å². The molecule has 0 saturated carbocycles. The molecule has 0 aliphatic carbocycles. The summed E-state index contributed by atoms with van der Waals surface area (Å²) in [5.74, 6) is 0.701. The lowest BCUT2D eigenvalue weighted by molar-refractivity contribution is -0.133. The van der Waals surface area contributed by atoms with Crippen LogP contribution < -0.4 is 4.74 Å². The standard InChI is InChI=1S/C14H20N6O3/c1-18-8-11(7-16-18)23-13-10-22-9-12(13)19(2)14(21)3-5-20-6-4-15-17-20/h4,6-8,12-13H,3,5,9-10H2,1-2H3/t12-,13+/m0/s1. The fourth-order valence-electron chi connectivity index (χ4n) is 2.56. The van der Waals surface area contributed by atoms with Crippen molar-refractivity contribution in [3.8, 4) is 5.75 Å². The van der Waals surface area contributed by atoms with Gasteiger partial charge in [-0.25, -0.2) is 0 Å². The van der Waals surface area contributed by atoms with Crippen LogP contribution in [-0.4, -0.2) is 68.0 Å². The number of amides is 1. The lowest BCUT2D eigenvalue weighted by Gasteiger charge is -2.28. The summed E-state index contributed by atoms with van der Waals surface area (Å²) in [6.07, 6.45) is 6.94. The minimum Gasteiger partial charge on any atom is -0.482 e. The van der Waals surface area contributed by atoms with E-state index in [4.69, 9.17) is 9.47 Å². The summed E-state index contributed by atoms with van der Waals surface area (Å²) < 4.78 is 14.7. The quantitative estimate of drug-likeness (QED) is 0.727. The highest BCUT2D eigenvalue weighted by Gasteiger charge is 2.35. The second-order valence-electron chi connectivity index (χ2n) is 5.53. The van der Waals surface area contributed by atoms with Crippen LogP contribution in [0.25, 0.3) is 0 Å². The second-order valence-corrected chi connectivity index (χ2v) is 5.53. The number of ether oxygens (including phenoxy) is 2.